The number of aromatic nitrogens is 1. The van der Waals surface area contributed by atoms with Crippen molar-refractivity contribution < 1.29 is 13.2 Å². The number of thiazole rings is 1. The summed E-state index contributed by atoms with van der Waals surface area (Å²) in [5.74, 6) is 0. The second kappa shape index (κ2) is 7.43. The van der Waals surface area contributed by atoms with Crippen molar-refractivity contribution in [2.45, 2.75) is 50.0 Å². The Balaban J connectivity index is 2.13. The van der Waals surface area contributed by atoms with Gasteiger partial charge in [-0.1, -0.05) is 59.9 Å². The maximum Gasteiger partial charge on any atom is 0.285 e. The monoisotopic (exact) mass is 398 g/mol. The molecule has 0 saturated heterocycles. The molecule has 1 aromatic carbocycles. The van der Waals surface area contributed by atoms with Crippen molar-refractivity contribution in [1.29, 1.82) is 0 Å². The number of halogens is 1. The standard InChI is InChI=1S/C17H19ClN2O3S2/c1-12-7-9-14(10-8-12)25(22,23)19-17-20(13-5-3-2-4-6-13)16(18)15(11-21)24-17/h7-11,13H,2-6H2,1H3/b19-17+. The lowest BCUT2D eigenvalue weighted by atomic mass is 9.95. The molecule has 0 bridgehead atoms. The molecule has 0 unspecified atom stereocenters. The molecule has 1 saturated carbocycles. The number of sulfonamides is 1. The molecular weight excluding hydrogens is 380 g/mol. The van der Waals surface area contributed by atoms with Gasteiger partial charge in [0.05, 0.1) is 4.90 Å². The number of benzene rings is 1. The van der Waals surface area contributed by atoms with E-state index in [1.54, 1.807) is 16.7 Å². The van der Waals surface area contributed by atoms with Gasteiger partial charge in [0, 0.05) is 6.04 Å². The van der Waals surface area contributed by atoms with Crippen LogP contribution in [0.15, 0.2) is 33.6 Å². The molecule has 5 nitrogen and oxygen atoms in total. The Morgan fingerprint density at radius 1 is 1.20 bits per heavy atom. The van der Waals surface area contributed by atoms with Gasteiger partial charge in [0.25, 0.3) is 10.0 Å². The number of carbonyl (C=O) groups excluding carboxylic acids is 1. The summed E-state index contributed by atoms with van der Waals surface area (Å²) in [6, 6.07) is 6.62. The van der Waals surface area contributed by atoms with Crippen LogP contribution in [0.5, 0.6) is 0 Å². The van der Waals surface area contributed by atoms with Gasteiger partial charge in [-0.05, 0) is 31.9 Å². The van der Waals surface area contributed by atoms with E-state index < -0.39 is 10.0 Å². The fourth-order valence-corrected chi connectivity index (χ4v) is 5.57. The fraction of sp³-hybridized carbons (Fsp3) is 0.412. The van der Waals surface area contributed by atoms with Crippen molar-refractivity contribution >= 4 is 39.2 Å². The molecule has 1 aromatic heterocycles. The molecule has 25 heavy (non-hydrogen) atoms. The Labute approximate surface area is 156 Å². The summed E-state index contributed by atoms with van der Waals surface area (Å²) in [6.07, 6.45) is 5.76. The zero-order valence-electron chi connectivity index (χ0n) is 13.8. The van der Waals surface area contributed by atoms with Gasteiger partial charge in [0.15, 0.2) is 6.29 Å². The first kappa shape index (κ1) is 18.4. The van der Waals surface area contributed by atoms with E-state index in [0.29, 0.717) is 11.2 Å². The van der Waals surface area contributed by atoms with Crippen LogP contribution in [0.2, 0.25) is 5.15 Å². The number of hydrogen-bond acceptors (Lipinski definition) is 4. The summed E-state index contributed by atoms with van der Waals surface area (Å²) in [4.78, 5) is 12.0. The normalized spacial score (nSPS) is 17.0. The van der Waals surface area contributed by atoms with Crippen LogP contribution in [0.3, 0.4) is 0 Å². The molecule has 0 amide bonds. The highest BCUT2D eigenvalue weighted by molar-refractivity contribution is 7.90. The van der Waals surface area contributed by atoms with E-state index in [1.807, 2.05) is 6.92 Å². The van der Waals surface area contributed by atoms with Crippen LogP contribution >= 0.6 is 22.9 Å². The Hall–Kier alpha value is -1.44. The SMILES string of the molecule is Cc1ccc(S(=O)(=O)/N=c2/sc(C=O)c(Cl)n2C2CCCCC2)cc1. The van der Waals surface area contributed by atoms with E-state index >= 15 is 0 Å². The minimum atomic E-state index is -3.86. The summed E-state index contributed by atoms with van der Waals surface area (Å²) >= 11 is 7.37. The van der Waals surface area contributed by atoms with E-state index in [-0.39, 0.29) is 20.9 Å². The molecule has 0 atom stereocenters. The molecule has 1 heterocycles. The highest BCUT2D eigenvalue weighted by Crippen LogP contribution is 2.31. The molecule has 0 spiro atoms. The first-order chi connectivity index (χ1) is 11.9. The van der Waals surface area contributed by atoms with Crippen LogP contribution in [-0.4, -0.2) is 19.3 Å². The van der Waals surface area contributed by atoms with Crippen LogP contribution in [0.4, 0.5) is 0 Å². The molecule has 8 heteroatoms. The molecule has 1 fully saturated rings. The second-order valence-corrected chi connectivity index (χ2v) is 9.17. The lowest BCUT2D eigenvalue weighted by Crippen LogP contribution is -2.24. The average molecular weight is 399 g/mol. The van der Waals surface area contributed by atoms with Crippen LogP contribution in [0.1, 0.15) is 53.4 Å². The lowest BCUT2D eigenvalue weighted by molar-refractivity contribution is 0.112. The smallest absolute Gasteiger partial charge is 0.285 e. The molecule has 1 aliphatic carbocycles. The van der Waals surface area contributed by atoms with Gasteiger partial charge in [0.1, 0.15) is 10.0 Å². The number of nitrogens with zero attached hydrogens (tertiary/aromatic N) is 2. The van der Waals surface area contributed by atoms with Crippen molar-refractivity contribution in [3.8, 4) is 0 Å². The highest BCUT2D eigenvalue weighted by atomic mass is 35.5. The third-order valence-electron chi connectivity index (χ3n) is 4.39. The average Bonchev–Trinajstić information content (AvgIpc) is 2.90. The van der Waals surface area contributed by atoms with Gasteiger partial charge in [-0.15, -0.1) is 4.40 Å². The quantitative estimate of drug-likeness (QED) is 0.727. The van der Waals surface area contributed by atoms with Gasteiger partial charge < -0.3 is 4.57 Å². The van der Waals surface area contributed by atoms with Gasteiger partial charge >= 0.3 is 0 Å². The minimum Gasteiger partial charge on any atom is -0.303 e. The van der Waals surface area contributed by atoms with Crippen molar-refractivity contribution in [3.63, 3.8) is 0 Å². The highest BCUT2D eigenvalue weighted by Gasteiger charge is 2.23. The maximum absolute atomic E-state index is 12.7. The lowest BCUT2D eigenvalue weighted by Gasteiger charge is -2.23. The number of hydrogen-bond donors (Lipinski definition) is 0. The maximum atomic E-state index is 12.7. The Morgan fingerprint density at radius 3 is 2.44 bits per heavy atom. The van der Waals surface area contributed by atoms with Crippen molar-refractivity contribution in [2.75, 3.05) is 0 Å². The Kier molecular flexibility index (Phi) is 5.46. The zero-order valence-corrected chi connectivity index (χ0v) is 16.2. The summed E-state index contributed by atoms with van der Waals surface area (Å²) in [5, 5.41) is 0.282. The first-order valence-electron chi connectivity index (χ1n) is 8.16. The Morgan fingerprint density at radius 2 is 1.84 bits per heavy atom. The van der Waals surface area contributed by atoms with Crippen molar-refractivity contribution in [3.05, 3.63) is 44.7 Å². The van der Waals surface area contributed by atoms with Crippen molar-refractivity contribution in [1.82, 2.24) is 4.57 Å². The van der Waals surface area contributed by atoms with Gasteiger partial charge in [-0.25, -0.2) is 0 Å². The Bertz CT molecular complexity index is 937. The zero-order chi connectivity index (χ0) is 18.0. The molecule has 1 aliphatic rings. The van der Waals surface area contributed by atoms with Gasteiger partial charge in [-0.2, -0.15) is 8.42 Å². The topological polar surface area (TPSA) is 68.5 Å². The third kappa shape index (κ3) is 3.88. The van der Waals surface area contributed by atoms with E-state index in [0.717, 1.165) is 49.0 Å². The van der Waals surface area contributed by atoms with E-state index in [2.05, 4.69) is 4.40 Å². The number of aldehydes is 1. The van der Waals surface area contributed by atoms with Crippen LogP contribution in [0.25, 0.3) is 0 Å². The molecule has 134 valence electrons. The number of carbonyl (C=O) groups is 1. The first-order valence-corrected chi connectivity index (χ1v) is 10.8. The predicted octanol–water partition coefficient (Wildman–Crippen LogP) is 4.12. The van der Waals surface area contributed by atoms with E-state index in [4.69, 9.17) is 11.6 Å². The number of aryl methyl sites for hydroxylation is 1. The molecule has 0 radical (unpaired) electrons. The molecule has 3 rings (SSSR count). The summed E-state index contributed by atoms with van der Waals surface area (Å²) in [5.41, 5.74) is 0.971. The predicted molar refractivity (Wildman–Crippen MR) is 98.8 cm³/mol. The molecule has 2 aromatic rings. The third-order valence-corrected chi connectivity index (χ3v) is 7.26. The summed E-state index contributed by atoms with van der Waals surface area (Å²) in [7, 11) is -3.86. The molecule has 0 aliphatic heterocycles. The van der Waals surface area contributed by atoms with Gasteiger partial charge in [0.2, 0.25) is 4.80 Å². The van der Waals surface area contributed by atoms with Crippen molar-refractivity contribution in [2.24, 2.45) is 4.40 Å². The van der Waals surface area contributed by atoms with Gasteiger partial charge in [-0.3, -0.25) is 4.79 Å². The van der Waals surface area contributed by atoms with Crippen LogP contribution in [0, 0.1) is 6.92 Å². The largest absolute Gasteiger partial charge is 0.303 e. The van der Waals surface area contributed by atoms with E-state index in [1.165, 1.54) is 12.1 Å². The number of rotatable bonds is 4. The molecule has 0 N–H and O–H groups in total. The summed E-state index contributed by atoms with van der Waals surface area (Å²) < 4.78 is 31.0. The van der Waals surface area contributed by atoms with Crippen LogP contribution in [-0.2, 0) is 10.0 Å². The summed E-state index contributed by atoms with van der Waals surface area (Å²) in [6.45, 7) is 1.89. The minimum absolute atomic E-state index is 0.0816. The second-order valence-electron chi connectivity index (χ2n) is 6.20. The van der Waals surface area contributed by atoms with Crippen LogP contribution < -0.4 is 4.80 Å². The van der Waals surface area contributed by atoms with E-state index in [9.17, 15) is 13.2 Å². The fourth-order valence-electron chi connectivity index (χ4n) is 3.05. The molecular formula is C17H19ClN2O3S2.